The number of hydrogen-bond donors (Lipinski definition) is 0. The van der Waals surface area contributed by atoms with Crippen LogP contribution in [0.5, 0.6) is 0 Å². The van der Waals surface area contributed by atoms with Gasteiger partial charge in [-0.2, -0.15) is 0 Å². The molecule has 2 nitrogen and oxygen atoms in total. The molecule has 0 fully saturated rings. The minimum atomic E-state index is -2.67. The van der Waals surface area contributed by atoms with Gasteiger partial charge in [-0.05, 0) is 48.5 Å². The van der Waals surface area contributed by atoms with Crippen LogP contribution in [0.2, 0.25) is 0 Å². The Morgan fingerprint density at radius 3 is 1.69 bits per heavy atom. The first kappa shape index (κ1) is 18.1. The van der Waals surface area contributed by atoms with Gasteiger partial charge in [0.15, 0.2) is 21.3 Å². The van der Waals surface area contributed by atoms with E-state index in [1.165, 1.54) is 0 Å². The van der Waals surface area contributed by atoms with Crippen LogP contribution in [-0.2, 0) is 15.6 Å². The van der Waals surface area contributed by atoms with Crippen molar-refractivity contribution in [1.82, 2.24) is 0 Å². The van der Waals surface area contributed by atoms with E-state index in [0.717, 1.165) is 14.7 Å². The maximum atomic E-state index is 12.2. The van der Waals surface area contributed by atoms with Crippen LogP contribution in [0.25, 0.3) is 0 Å². The molecule has 0 heterocycles. The Hall–Kier alpha value is -2.66. The highest BCUT2D eigenvalue weighted by Gasteiger charge is 2.28. The highest BCUT2D eigenvalue weighted by molar-refractivity contribution is 7.97. The van der Waals surface area contributed by atoms with E-state index in [1.807, 2.05) is 48.5 Å². The monoisotopic (exact) mass is 371 g/mol. The Morgan fingerprint density at radius 1 is 0.769 bits per heavy atom. The molecule has 0 amide bonds. The second kappa shape index (κ2) is 8.63. The number of ether oxygens (including phenoxy) is 1. The summed E-state index contributed by atoms with van der Waals surface area (Å²) in [5.74, 6) is -0.740. The third-order valence-electron chi connectivity index (χ3n) is 3.62. The molecule has 0 saturated carbocycles. The maximum Gasteiger partial charge on any atom is 0.338 e. The molecule has 0 aliphatic rings. The highest BCUT2D eigenvalue weighted by atomic mass is 32.2. The standard InChI is InChI=1S/C21H17F2O2S/c22-20(23)15-25-21(24)16-11-13-19(14-12-16)26(17-7-3-1-4-8-17)18-9-5-2-6-10-18/h1-14,20H,15H2/q+1. The number of benzene rings is 3. The lowest BCUT2D eigenvalue weighted by Gasteiger charge is -2.08. The SMILES string of the molecule is O=C(OCC(F)F)c1ccc([S+](c2ccccc2)c2ccccc2)cc1. The molecule has 132 valence electrons. The van der Waals surface area contributed by atoms with Crippen LogP contribution in [0.4, 0.5) is 8.78 Å². The summed E-state index contributed by atoms with van der Waals surface area (Å²) in [5.41, 5.74) is 0.263. The summed E-state index contributed by atoms with van der Waals surface area (Å²) in [5, 5.41) is 0. The minimum Gasteiger partial charge on any atom is -0.456 e. The summed E-state index contributed by atoms with van der Waals surface area (Å²) in [7, 11) is -0.319. The number of alkyl halides is 2. The third kappa shape index (κ3) is 4.49. The maximum absolute atomic E-state index is 12.2. The summed E-state index contributed by atoms with van der Waals surface area (Å²) in [4.78, 5) is 15.2. The summed E-state index contributed by atoms with van der Waals surface area (Å²) in [6.45, 7) is -0.890. The van der Waals surface area contributed by atoms with Gasteiger partial charge in [-0.15, -0.1) is 0 Å². The molecule has 0 radical (unpaired) electrons. The van der Waals surface area contributed by atoms with E-state index in [-0.39, 0.29) is 16.5 Å². The molecule has 0 N–H and O–H groups in total. The van der Waals surface area contributed by atoms with Gasteiger partial charge in [0.1, 0.15) is 0 Å². The molecule has 0 aliphatic heterocycles. The average molecular weight is 371 g/mol. The lowest BCUT2D eigenvalue weighted by molar-refractivity contribution is 0.0160. The summed E-state index contributed by atoms with van der Waals surface area (Å²) < 4.78 is 28.9. The Kier molecular flexibility index (Phi) is 6.02. The van der Waals surface area contributed by atoms with Gasteiger partial charge in [0, 0.05) is 0 Å². The number of halogens is 2. The second-order valence-corrected chi connectivity index (χ2v) is 7.47. The summed E-state index contributed by atoms with van der Waals surface area (Å²) >= 11 is 0. The molecule has 26 heavy (non-hydrogen) atoms. The van der Waals surface area contributed by atoms with E-state index in [1.54, 1.807) is 12.1 Å². The number of hydrogen-bond acceptors (Lipinski definition) is 2. The van der Waals surface area contributed by atoms with E-state index < -0.39 is 19.0 Å². The van der Waals surface area contributed by atoms with Crippen LogP contribution in [-0.4, -0.2) is 19.0 Å². The molecule has 0 unspecified atom stereocenters. The van der Waals surface area contributed by atoms with E-state index in [9.17, 15) is 13.6 Å². The molecule has 3 aromatic carbocycles. The largest absolute Gasteiger partial charge is 0.456 e. The normalized spacial score (nSPS) is 10.9. The van der Waals surface area contributed by atoms with E-state index >= 15 is 0 Å². The van der Waals surface area contributed by atoms with Crippen molar-refractivity contribution in [2.45, 2.75) is 21.1 Å². The van der Waals surface area contributed by atoms with Crippen LogP contribution in [0, 0.1) is 0 Å². The molecule has 0 aromatic heterocycles. The van der Waals surface area contributed by atoms with Crippen LogP contribution in [0.1, 0.15) is 10.4 Å². The fourth-order valence-corrected chi connectivity index (χ4v) is 4.55. The molecule has 0 spiro atoms. The molecular weight excluding hydrogens is 354 g/mol. The first-order valence-corrected chi connectivity index (χ1v) is 9.27. The van der Waals surface area contributed by atoms with Gasteiger partial charge < -0.3 is 4.74 Å². The topological polar surface area (TPSA) is 26.3 Å². The number of carbonyl (C=O) groups is 1. The van der Waals surface area contributed by atoms with Gasteiger partial charge >= 0.3 is 5.97 Å². The number of esters is 1. The van der Waals surface area contributed by atoms with Crippen molar-refractivity contribution >= 4 is 16.9 Å². The smallest absolute Gasteiger partial charge is 0.338 e. The van der Waals surface area contributed by atoms with Crippen LogP contribution >= 0.6 is 0 Å². The molecular formula is C21H17F2O2S+. The molecule has 0 saturated heterocycles. The zero-order chi connectivity index (χ0) is 18.4. The molecule has 3 rings (SSSR count). The molecule has 3 aromatic rings. The zero-order valence-electron chi connectivity index (χ0n) is 13.8. The fraction of sp³-hybridized carbons (Fsp3) is 0.0952. The van der Waals surface area contributed by atoms with E-state index in [2.05, 4.69) is 29.0 Å². The Balaban J connectivity index is 1.89. The van der Waals surface area contributed by atoms with Gasteiger partial charge in [0.25, 0.3) is 6.43 Å². The average Bonchev–Trinajstić information content (AvgIpc) is 2.68. The lowest BCUT2D eigenvalue weighted by atomic mass is 10.2. The molecule has 0 atom stereocenters. The van der Waals surface area contributed by atoms with Crippen molar-refractivity contribution in [2.24, 2.45) is 0 Å². The zero-order valence-corrected chi connectivity index (χ0v) is 14.7. The van der Waals surface area contributed by atoms with Crippen molar-refractivity contribution in [3.05, 3.63) is 90.5 Å². The number of carbonyl (C=O) groups excluding carboxylic acids is 1. The quantitative estimate of drug-likeness (QED) is 0.439. The van der Waals surface area contributed by atoms with Gasteiger partial charge in [0.2, 0.25) is 0 Å². The molecule has 0 aliphatic carbocycles. The fourth-order valence-electron chi connectivity index (χ4n) is 2.47. The number of rotatable bonds is 6. The Labute approximate surface area is 153 Å². The van der Waals surface area contributed by atoms with Gasteiger partial charge in [-0.1, -0.05) is 36.4 Å². The van der Waals surface area contributed by atoms with Crippen molar-refractivity contribution in [1.29, 1.82) is 0 Å². The summed E-state index contributed by atoms with van der Waals surface area (Å²) in [6.07, 6.45) is -2.67. The van der Waals surface area contributed by atoms with Crippen molar-refractivity contribution in [3.8, 4) is 0 Å². The first-order valence-electron chi connectivity index (χ1n) is 8.05. The Bertz CT molecular complexity index is 797. The van der Waals surface area contributed by atoms with Crippen molar-refractivity contribution < 1.29 is 18.3 Å². The van der Waals surface area contributed by atoms with Crippen LogP contribution < -0.4 is 0 Å². The molecule has 5 heteroatoms. The Morgan fingerprint density at radius 2 is 1.23 bits per heavy atom. The van der Waals surface area contributed by atoms with Crippen molar-refractivity contribution in [3.63, 3.8) is 0 Å². The lowest BCUT2D eigenvalue weighted by Crippen LogP contribution is -2.12. The van der Waals surface area contributed by atoms with Gasteiger partial charge in [-0.3, -0.25) is 0 Å². The predicted molar refractivity (Wildman–Crippen MR) is 97.8 cm³/mol. The van der Waals surface area contributed by atoms with Crippen molar-refractivity contribution in [2.75, 3.05) is 6.61 Å². The summed E-state index contributed by atoms with van der Waals surface area (Å²) in [6, 6.07) is 27.1. The van der Waals surface area contributed by atoms with Gasteiger partial charge in [0.05, 0.1) is 16.5 Å². The predicted octanol–water partition coefficient (Wildman–Crippen LogP) is 5.20. The van der Waals surface area contributed by atoms with Crippen LogP contribution in [0.3, 0.4) is 0 Å². The highest BCUT2D eigenvalue weighted by Crippen LogP contribution is 2.31. The molecule has 0 bridgehead atoms. The minimum absolute atomic E-state index is 0.263. The van der Waals surface area contributed by atoms with E-state index in [4.69, 9.17) is 0 Å². The third-order valence-corrected chi connectivity index (χ3v) is 5.85. The first-order chi connectivity index (χ1) is 12.6. The van der Waals surface area contributed by atoms with Gasteiger partial charge in [-0.25, -0.2) is 13.6 Å². The van der Waals surface area contributed by atoms with E-state index in [0.29, 0.717) is 0 Å². The van der Waals surface area contributed by atoms with Crippen LogP contribution in [0.15, 0.2) is 99.6 Å². The second-order valence-electron chi connectivity index (χ2n) is 5.45.